The lowest BCUT2D eigenvalue weighted by Crippen LogP contribution is -2.39. The highest BCUT2D eigenvalue weighted by Gasteiger charge is 2.22. The van der Waals surface area contributed by atoms with Crippen LogP contribution in [0.15, 0.2) is 23.1 Å². The van der Waals surface area contributed by atoms with Gasteiger partial charge in [-0.2, -0.15) is 0 Å². The molecule has 0 aromatic heterocycles. The van der Waals surface area contributed by atoms with Gasteiger partial charge in [0.15, 0.2) is 0 Å². The molecule has 0 bridgehead atoms. The highest BCUT2D eigenvalue weighted by atomic mass is 32.2. The number of methoxy groups -OCH3 is 1. The lowest BCUT2D eigenvalue weighted by molar-refractivity contribution is -0.135. The molecule has 0 aliphatic carbocycles. The summed E-state index contributed by atoms with van der Waals surface area (Å²) in [5.41, 5.74) is 0.255. The quantitative estimate of drug-likeness (QED) is 0.788. The molecule has 1 aromatic rings. The topological polar surface area (TPSA) is 96.0 Å². The van der Waals surface area contributed by atoms with Crippen molar-refractivity contribution in [2.24, 2.45) is 0 Å². The summed E-state index contributed by atoms with van der Waals surface area (Å²) in [5, 5.41) is 2.68. The van der Waals surface area contributed by atoms with Crippen molar-refractivity contribution in [3.63, 3.8) is 0 Å². The molecule has 8 nitrogen and oxygen atoms in total. The van der Waals surface area contributed by atoms with E-state index >= 15 is 0 Å². The average molecular weight is 397 g/mol. The van der Waals surface area contributed by atoms with Crippen LogP contribution in [0.25, 0.3) is 0 Å². The third-order valence-corrected chi connectivity index (χ3v) is 6.29. The molecule has 0 radical (unpaired) electrons. The van der Waals surface area contributed by atoms with E-state index in [1.165, 1.54) is 39.4 Å². The first-order valence-corrected chi connectivity index (χ1v) is 10.4. The Morgan fingerprint density at radius 2 is 1.93 bits per heavy atom. The van der Waals surface area contributed by atoms with Crippen LogP contribution < -0.4 is 10.1 Å². The first kappa shape index (κ1) is 21.2. The Hall–Kier alpha value is -2.13. The zero-order valence-corrected chi connectivity index (χ0v) is 16.8. The molecule has 1 aliphatic heterocycles. The van der Waals surface area contributed by atoms with Gasteiger partial charge in [0, 0.05) is 27.1 Å². The van der Waals surface area contributed by atoms with Crippen molar-refractivity contribution in [1.82, 2.24) is 9.21 Å². The zero-order chi connectivity index (χ0) is 20.0. The highest BCUT2D eigenvalue weighted by molar-refractivity contribution is 7.89. The Labute approximate surface area is 160 Å². The van der Waals surface area contributed by atoms with Crippen molar-refractivity contribution in [1.29, 1.82) is 0 Å². The Morgan fingerprint density at radius 1 is 1.22 bits per heavy atom. The molecule has 1 heterocycles. The lowest BCUT2D eigenvalue weighted by Gasteiger charge is -2.24. The molecule has 0 saturated carbocycles. The highest BCUT2D eigenvalue weighted by Crippen LogP contribution is 2.28. The predicted octanol–water partition coefficient (Wildman–Crippen LogP) is 1.68. The van der Waals surface area contributed by atoms with Gasteiger partial charge in [-0.05, 0) is 31.0 Å². The van der Waals surface area contributed by atoms with E-state index < -0.39 is 10.0 Å². The standard InChI is InChI=1S/C18H27N3O5S/c1-20(2)27(24,25)14-9-10-16(26-3)15(12-14)19-17(22)13-21-11-7-5-4-6-8-18(21)23/h9-10,12H,4-8,11,13H2,1-3H3,(H,19,22). The minimum absolute atomic E-state index is 0.0271. The van der Waals surface area contributed by atoms with Crippen LogP contribution in [0.4, 0.5) is 5.69 Å². The number of likely N-dealkylation sites (tertiary alicyclic amines) is 1. The van der Waals surface area contributed by atoms with Crippen LogP contribution in [-0.2, 0) is 19.6 Å². The van der Waals surface area contributed by atoms with Crippen LogP contribution in [0.1, 0.15) is 32.1 Å². The molecule has 1 N–H and O–H groups in total. The van der Waals surface area contributed by atoms with Crippen molar-refractivity contribution >= 4 is 27.5 Å². The third-order valence-electron chi connectivity index (χ3n) is 4.48. The molecule has 1 fully saturated rings. The van der Waals surface area contributed by atoms with E-state index in [4.69, 9.17) is 4.74 Å². The van der Waals surface area contributed by atoms with E-state index in [9.17, 15) is 18.0 Å². The van der Waals surface area contributed by atoms with E-state index in [0.29, 0.717) is 18.7 Å². The number of ether oxygens (including phenoxy) is 1. The second-order valence-electron chi connectivity index (χ2n) is 6.68. The second kappa shape index (κ2) is 9.18. The summed E-state index contributed by atoms with van der Waals surface area (Å²) < 4.78 is 31.0. The smallest absolute Gasteiger partial charge is 0.244 e. The number of hydrogen-bond donors (Lipinski definition) is 1. The number of carbonyl (C=O) groups is 2. The maximum atomic E-state index is 12.5. The summed E-state index contributed by atoms with van der Waals surface area (Å²) in [5.74, 6) is -0.0672. The molecule has 1 aromatic carbocycles. The molecule has 150 valence electrons. The number of anilines is 1. The molecule has 0 atom stereocenters. The van der Waals surface area contributed by atoms with Crippen LogP contribution in [0.3, 0.4) is 0 Å². The zero-order valence-electron chi connectivity index (χ0n) is 16.0. The Bertz CT molecular complexity index is 792. The molecular formula is C18H27N3O5S. The van der Waals surface area contributed by atoms with Crippen LogP contribution in [0.2, 0.25) is 0 Å². The van der Waals surface area contributed by atoms with Crippen LogP contribution in [0.5, 0.6) is 5.75 Å². The number of benzene rings is 1. The van der Waals surface area contributed by atoms with Crippen LogP contribution >= 0.6 is 0 Å². The van der Waals surface area contributed by atoms with Crippen molar-refractivity contribution in [3.05, 3.63) is 18.2 Å². The molecule has 0 unspecified atom stereocenters. The summed E-state index contributed by atoms with van der Waals surface area (Å²) in [6, 6.07) is 4.28. The van der Waals surface area contributed by atoms with Gasteiger partial charge in [-0.1, -0.05) is 12.8 Å². The average Bonchev–Trinajstić information content (AvgIpc) is 2.61. The van der Waals surface area contributed by atoms with Crippen molar-refractivity contribution in [2.45, 2.75) is 37.0 Å². The number of nitrogens with zero attached hydrogens (tertiary/aromatic N) is 2. The monoisotopic (exact) mass is 397 g/mol. The third kappa shape index (κ3) is 5.43. The van der Waals surface area contributed by atoms with Crippen LogP contribution in [-0.4, -0.2) is 63.7 Å². The second-order valence-corrected chi connectivity index (χ2v) is 8.83. The van der Waals surface area contributed by atoms with Crippen molar-refractivity contribution < 1.29 is 22.7 Å². The predicted molar refractivity (Wildman–Crippen MR) is 102 cm³/mol. The largest absolute Gasteiger partial charge is 0.495 e. The Morgan fingerprint density at radius 3 is 2.59 bits per heavy atom. The van der Waals surface area contributed by atoms with E-state index in [0.717, 1.165) is 30.0 Å². The first-order valence-electron chi connectivity index (χ1n) is 8.94. The van der Waals surface area contributed by atoms with Gasteiger partial charge in [0.05, 0.1) is 24.2 Å². The summed E-state index contributed by atoms with van der Waals surface area (Å²) in [4.78, 5) is 26.2. The summed E-state index contributed by atoms with van der Waals surface area (Å²) >= 11 is 0. The molecule has 27 heavy (non-hydrogen) atoms. The van der Waals surface area contributed by atoms with Gasteiger partial charge in [0.1, 0.15) is 5.75 Å². The van der Waals surface area contributed by atoms with Crippen molar-refractivity contribution in [2.75, 3.05) is 39.6 Å². The van der Waals surface area contributed by atoms with E-state index in [2.05, 4.69) is 5.32 Å². The SMILES string of the molecule is COc1ccc(S(=O)(=O)N(C)C)cc1NC(=O)CN1CCCCCCC1=O. The fourth-order valence-electron chi connectivity index (χ4n) is 2.90. The molecule has 0 spiro atoms. The Kier molecular flexibility index (Phi) is 7.20. The molecular weight excluding hydrogens is 370 g/mol. The van der Waals surface area contributed by atoms with Gasteiger partial charge in [0.25, 0.3) is 0 Å². The van der Waals surface area contributed by atoms with Gasteiger partial charge in [-0.15, -0.1) is 0 Å². The van der Waals surface area contributed by atoms with Gasteiger partial charge in [-0.3, -0.25) is 9.59 Å². The normalized spacial score (nSPS) is 16.0. The molecule has 9 heteroatoms. The van der Waals surface area contributed by atoms with Gasteiger partial charge in [0.2, 0.25) is 21.8 Å². The Balaban J connectivity index is 2.17. The molecule has 2 rings (SSSR count). The minimum atomic E-state index is -3.64. The maximum absolute atomic E-state index is 12.5. The summed E-state index contributed by atoms with van der Waals surface area (Å²) in [7, 11) is 0.666. The number of amides is 2. The molecule has 1 saturated heterocycles. The summed E-state index contributed by atoms with van der Waals surface area (Å²) in [6.45, 7) is 0.491. The fourth-order valence-corrected chi connectivity index (χ4v) is 3.83. The van der Waals surface area contributed by atoms with Gasteiger partial charge < -0.3 is 15.0 Å². The number of rotatable bonds is 6. The number of nitrogens with one attached hydrogen (secondary N) is 1. The number of carbonyl (C=O) groups excluding carboxylic acids is 2. The van der Waals surface area contributed by atoms with E-state index in [-0.39, 0.29) is 28.9 Å². The van der Waals surface area contributed by atoms with Crippen molar-refractivity contribution in [3.8, 4) is 5.75 Å². The van der Waals surface area contributed by atoms with Crippen LogP contribution in [0, 0.1) is 0 Å². The number of sulfonamides is 1. The van der Waals surface area contributed by atoms with Gasteiger partial charge in [-0.25, -0.2) is 12.7 Å². The minimum Gasteiger partial charge on any atom is -0.495 e. The van der Waals surface area contributed by atoms with E-state index in [1.807, 2.05) is 0 Å². The maximum Gasteiger partial charge on any atom is 0.244 e. The number of hydrogen-bond acceptors (Lipinski definition) is 5. The first-order chi connectivity index (χ1) is 12.8. The fraction of sp³-hybridized carbons (Fsp3) is 0.556. The van der Waals surface area contributed by atoms with Gasteiger partial charge >= 0.3 is 0 Å². The summed E-state index contributed by atoms with van der Waals surface area (Å²) in [6.07, 6.45) is 4.25. The molecule has 1 aliphatic rings. The van der Waals surface area contributed by atoms with E-state index in [1.54, 1.807) is 4.90 Å². The lowest BCUT2D eigenvalue weighted by atomic mass is 10.1. The molecule has 2 amide bonds.